The topological polar surface area (TPSA) is 77.0 Å². The number of hydrogen-bond donors (Lipinski definition) is 2. The number of piperidine rings is 1. The molecule has 0 spiro atoms. The summed E-state index contributed by atoms with van der Waals surface area (Å²) >= 11 is 0. The van der Waals surface area contributed by atoms with Gasteiger partial charge in [0.2, 0.25) is 10.0 Å². The number of halogens is 1. The molecule has 1 aliphatic rings. The van der Waals surface area contributed by atoms with E-state index in [0.29, 0.717) is 31.6 Å². The van der Waals surface area contributed by atoms with Gasteiger partial charge in [-0.3, -0.25) is 4.99 Å². The molecule has 0 aromatic heterocycles. The van der Waals surface area contributed by atoms with Gasteiger partial charge in [0.1, 0.15) is 0 Å². The minimum atomic E-state index is -3.19. The Morgan fingerprint density at radius 3 is 2.42 bits per heavy atom. The number of sulfonamides is 1. The standard InChI is InChI=1S/C17H37N5O2S.HI/c1-5-22(6-2)25(23,24)15-12-20-17(18-4)19-11-9-14-21-13-8-7-10-16(21)3;/h16H,5-15H2,1-4H3,(H2,18,19,20);1H. The molecule has 9 heteroatoms. The van der Waals surface area contributed by atoms with Crippen molar-refractivity contribution in [3.63, 3.8) is 0 Å². The number of nitrogens with one attached hydrogen (secondary N) is 2. The lowest BCUT2D eigenvalue weighted by molar-refractivity contribution is 0.159. The van der Waals surface area contributed by atoms with Gasteiger partial charge in [-0.15, -0.1) is 24.0 Å². The largest absolute Gasteiger partial charge is 0.356 e. The summed E-state index contributed by atoms with van der Waals surface area (Å²) in [5.74, 6) is 0.752. The van der Waals surface area contributed by atoms with E-state index in [1.165, 1.54) is 30.1 Å². The molecule has 1 heterocycles. The van der Waals surface area contributed by atoms with Crippen molar-refractivity contribution >= 4 is 40.0 Å². The third kappa shape index (κ3) is 9.18. The minimum absolute atomic E-state index is 0. The summed E-state index contributed by atoms with van der Waals surface area (Å²) < 4.78 is 25.8. The van der Waals surface area contributed by atoms with Crippen LogP contribution in [0, 0.1) is 0 Å². The molecular weight excluding hydrogens is 465 g/mol. The molecule has 1 fully saturated rings. The van der Waals surface area contributed by atoms with Gasteiger partial charge in [0.15, 0.2) is 5.96 Å². The van der Waals surface area contributed by atoms with E-state index in [0.717, 1.165) is 19.5 Å². The van der Waals surface area contributed by atoms with Crippen LogP contribution in [0.5, 0.6) is 0 Å². The first-order chi connectivity index (χ1) is 11.9. The van der Waals surface area contributed by atoms with Crippen molar-refractivity contribution in [2.75, 3.05) is 52.1 Å². The first-order valence-electron chi connectivity index (χ1n) is 9.61. The molecule has 7 nitrogen and oxygen atoms in total. The van der Waals surface area contributed by atoms with Gasteiger partial charge in [-0.05, 0) is 32.7 Å². The number of rotatable bonds is 10. The molecule has 0 radical (unpaired) electrons. The second kappa shape index (κ2) is 14.0. The molecule has 0 aromatic carbocycles. The lowest BCUT2D eigenvalue weighted by atomic mass is 10.0. The van der Waals surface area contributed by atoms with Gasteiger partial charge in [-0.25, -0.2) is 12.7 Å². The summed E-state index contributed by atoms with van der Waals surface area (Å²) in [6.45, 7) is 10.6. The van der Waals surface area contributed by atoms with Gasteiger partial charge >= 0.3 is 0 Å². The van der Waals surface area contributed by atoms with Gasteiger partial charge < -0.3 is 15.5 Å². The maximum Gasteiger partial charge on any atom is 0.215 e. The Kier molecular flexibility index (Phi) is 13.9. The van der Waals surface area contributed by atoms with Crippen LogP contribution in [0.1, 0.15) is 46.5 Å². The fraction of sp³-hybridized carbons (Fsp3) is 0.941. The van der Waals surface area contributed by atoms with Crippen LogP contribution >= 0.6 is 24.0 Å². The van der Waals surface area contributed by atoms with Gasteiger partial charge in [-0.1, -0.05) is 20.3 Å². The highest BCUT2D eigenvalue weighted by molar-refractivity contribution is 14.0. The highest BCUT2D eigenvalue weighted by atomic mass is 127. The molecule has 0 aromatic rings. The maximum atomic E-state index is 12.1. The fourth-order valence-corrected chi connectivity index (χ4v) is 4.65. The van der Waals surface area contributed by atoms with E-state index in [-0.39, 0.29) is 29.7 Å². The number of likely N-dealkylation sites (tertiary alicyclic amines) is 1. The van der Waals surface area contributed by atoms with Crippen molar-refractivity contribution in [1.82, 2.24) is 19.8 Å². The highest BCUT2D eigenvalue weighted by Gasteiger charge is 2.18. The molecule has 1 rings (SSSR count). The average Bonchev–Trinajstić information content (AvgIpc) is 2.59. The first-order valence-corrected chi connectivity index (χ1v) is 11.2. The van der Waals surface area contributed by atoms with Crippen LogP contribution in [0.15, 0.2) is 4.99 Å². The number of nitrogens with zero attached hydrogens (tertiary/aromatic N) is 3. The van der Waals surface area contributed by atoms with Crippen molar-refractivity contribution in [3.05, 3.63) is 0 Å². The molecule has 0 bridgehead atoms. The Hall–Kier alpha value is -0.130. The SMILES string of the molecule is CCN(CC)S(=O)(=O)CCNC(=NC)NCCCN1CCCCC1C.I. The first kappa shape index (κ1) is 25.9. The second-order valence-electron chi connectivity index (χ2n) is 6.56. The lowest BCUT2D eigenvalue weighted by Gasteiger charge is -2.33. The Balaban J connectivity index is 0.00000625. The number of guanidine groups is 1. The van der Waals surface area contributed by atoms with E-state index in [2.05, 4.69) is 27.4 Å². The van der Waals surface area contributed by atoms with Crippen LogP contribution in [0.25, 0.3) is 0 Å². The zero-order valence-electron chi connectivity index (χ0n) is 16.8. The molecule has 26 heavy (non-hydrogen) atoms. The molecular formula is C17H38IN5O2S. The Labute approximate surface area is 177 Å². The lowest BCUT2D eigenvalue weighted by Crippen LogP contribution is -2.43. The zero-order chi connectivity index (χ0) is 18.7. The fourth-order valence-electron chi connectivity index (χ4n) is 3.24. The summed E-state index contributed by atoms with van der Waals surface area (Å²) in [4.78, 5) is 6.72. The molecule has 1 unspecified atom stereocenters. The quantitative estimate of drug-likeness (QED) is 0.206. The van der Waals surface area contributed by atoms with Gasteiger partial charge in [0.25, 0.3) is 0 Å². The summed E-state index contributed by atoms with van der Waals surface area (Å²) in [5, 5.41) is 6.37. The predicted octanol–water partition coefficient (Wildman–Crippen LogP) is 1.71. The van der Waals surface area contributed by atoms with Crippen molar-refractivity contribution in [3.8, 4) is 0 Å². The maximum absolute atomic E-state index is 12.1. The van der Waals surface area contributed by atoms with E-state index >= 15 is 0 Å². The third-order valence-electron chi connectivity index (χ3n) is 4.83. The minimum Gasteiger partial charge on any atom is -0.356 e. The van der Waals surface area contributed by atoms with Crippen LogP contribution in [0.4, 0.5) is 0 Å². The third-order valence-corrected chi connectivity index (χ3v) is 6.85. The summed E-state index contributed by atoms with van der Waals surface area (Å²) in [7, 11) is -1.48. The van der Waals surface area contributed by atoms with Crippen molar-refractivity contribution in [2.45, 2.75) is 52.5 Å². The normalized spacial score (nSPS) is 19.3. The van der Waals surface area contributed by atoms with Crippen LogP contribution in [0.2, 0.25) is 0 Å². The van der Waals surface area contributed by atoms with E-state index in [4.69, 9.17) is 0 Å². The molecule has 1 saturated heterocycles. The molecule has 0 aliphatic carbocycles. The van der Waals surface area contributed by atoms with Crippen molar-refractivity contribution < 1.29 is 8.42 Å². The van der Waals surface area contributed by atoms with Crippen LogP contribution < -0.4 is 10.6 Å². The van der Waals surface area contributed by atoms with Crippen LogP contribution in [-0.2, 0) is 10.0 Å². The second-order valence-corrected chi connectivity index (χ2v) is 8.65. The molecule has 156 valence electrons. The number of aliphatic imine (C=N–C) groups is 1. The van der Waals surface area contributed by atoms with Crippen LogP contribution in [0.3, 0.4) is 0 Å². The predicted molar refractivity (Wildman–Crippen MR) is 121 cm³/mol. The molecule has 1 atom stereocenters. The smallest absolute Gasteiger partial charge is 0.215 e. The summed E-state index contributed by atoms with van der Waals surface area (Å²) in [6.07, 6.45) is 5.02. The molecule has 1 aliphatic heterocycles. The van der Waals surface area contributed by atoms with E-state index in [1.807, 2.05) is 13.8 Å². The van der Waals surface area contributed by atoms with Crippen LogP contribution in [-0.4, -0.2) is 81.7 Å². The highest BCUT2D eigenvalue weighted by Crippen LogP contribution is 2.15. The number of hydrogen-bond acceptors (Lipinski definition) is 4. The Bertz CT molecular complexity index is 497. The van der Waals surface area contributed by atoms with Gasteiger partial charge in [0, 0.05) is 45.8 Å². The van der Waals surface area contributed by atoms with Crippen molar-refractivity contribution in [1.29, 1.82) is 0 Å². The zero-order valence-corrected chi connectivity index (χ0v) is 20.0. The summed E-state index contributed by atoms with van der Waals surface area (Å²) in [6, 6.07) is 0.691. The average molecular weight is 503 g/mol. The van der Waals surface area contributed by atoms with Gasteiger partial charge in [-0.2, -0.15) is 0 Å². The van der Waals surface area contributed by atoms with E-state index in [1.54, 1.807) is 7.05 Å². The van der Waals surface area contributed by atoms with E-state index in [9.17, 15) is 8.42 Å². The molecule has 2 N–H and O–H groups in total. The van der Waals surface area contributed by atoms with E-state index < -0.39 is 10.0 Å². The molecule has 0 amide bonds. The molecule has 0 saturated carbocycles. The van der Waals surface area contributed by atoms with Crippen molar-refractivity contribution in [2.24, 2.45) is 4.99 Å². The van der Waals surface area contributed by atoms with Gasteiger partial charge in [0.05, 0.1) is 5.75 Å². The monoisotopic (exact) mass is 503 g/mol. The Morgan fingerprint density at radius 2 is 1.85 bits per heavy atom. The Morgan fingerprint density at radius 1 is 1.19 bits per heavy atom. The summed E-state index contributed by atoms with van der Waals surface area (Å²) in [5.41, 5.74) is 0.